The molecule has 188 valence electrons. The van der Waals surface area contributed by atoms with E-state index in [1.165, 1.54) is 98.4 Å². The Morgan fingerprint density at radius 2 is 1.39 bits per heavy atom. The molecule has 0 spiro atoms. The van der Waals surface area contributed by atoms with E-state index < -0.39 is 0 Å². The zero-order chi connectivity index (χ0) is 24.7. The van der Waals surface area contributed by atoms with Crippen LogP contribution in [0.15, 0.2) is 78.9 Å². The molecule has 0 aliphatic heterocycles. The van der Waals surface area contributed by atoms with Gasteiger partial charge in [-0.05, 0) is 121 Å². The predicted molar refractivity (Wildman–Crippen MR) is 156 cm³/mol. The van der Waals surface area contributed by atoms with Gasteiger partial charge in [0.15, 0.2) is 0 Å². The number of rotatable bonds is 8. The number of allylic oxidation sites excluding steroid dienone is 2. The lowest BCUT2D eigenvalue weighted by atomic mass is 9.78. The van der Waals surface area contributed by atoms with Crippen molar-refractivity contribution in [2.45, 2.75) is 96.3 Å². The third-order valence-corrected chi connectivity index (χ3v) is 8.91. The van der Waals surface area contributed by atoms with E-state index in [0.717, 1.165) is 11.8 Å². The van der Waals surface area contributed by atoms with Gasteiger partial charge in [0, 0.05) is 0 Å². The van der Waals surface area contributed by atoms with Gasteiger partial charge in [0.1, 0.15) is 0 Å². The van der Waals surface area contributed by atoms with E-state index >= 15 is 0 Å². The summed E-state index contributed by atoms with van der Waals surface area (Å²) in [4.78, 5) is 0. The Labute approximate surface area is 219 Å². The van der Waals surface area contributed by atoms with Crippen molar-refractivity contribution >= 4 is 0 Å². The molecule has 0 radical (unpaired) electrons. The molecule has 0 bridgehead atoms. The zero-order valence-electron chi connectivity index (χ0n) is 22.5. The number of fused-ring (bicyclic) bond motifs is 1. The Hall–Kier alpha value is -2.60. The highest BCUT2D eigenvalue weighted by Gasteiger charge is 2.22. The molecule has 3 aromatic carbocycles. The van der Waals surface area contributed by atoms with Crippen LogP contribution in [0.5, 0.6) is 0 Å². The second kappa shape index (κ2) is 12.1. The number of benzene rings is 3. The fraction of sp³-hybridized carbons (Fsp3) is 0.444. The highest BCUT2D eigenvalue weighted by Crippen LogP contribution is 2.38. The van der Waals surface area contributed by atoms with Gasteiger partial charge in [-0.15, -0.1) is 0 Å². The predicted octanol–water partition coefficient (Wildman–Crippen LogP) is 10.2. The topological polar surface area (TPSA) is 0 Å². The molecule has 1 fully saturated rings. The van der Waals surface area contributed by atoms with Gasteiger partial charge in [-0.25, -0.2) is 0 Å². The molecule has 0 N–H and O–H groups in total. The second-order valence-electron chi connectivity index (χ2n) is 11.4. The van der Waals surface area contributed by atoms with Crippen LogP contribution in [0.25, 0.3) is 11.1 Å². The van der Waals surface area contributed by atoms with Crippen LogP contribution in [-0.4, -0.2) is 0 Å². The molecule has 0 saturated heterocycles. The maximum absolute atomic E-state index is 2.47. The van der Waals surface area contributed by atoms with Gasteiger partial charge in [0.25, 0.3) is 0 Å². The van der Waals surface area contributed by atoms with E-state index in [1.54, 1.807) is 11.1 Å². The standard InChI is InChI=1S/C36H44/c1-3-5-6-8-28-11-15-31(16-12-28)33-21-23-36-26-34(22-24-35(36)25-33)32-19-17-30(18-20-32)29-13-9-27(7-4-2)10-14-29/h4,7,11-12,15-20,22,24,26-27,29,33H,3,5-6,8-10,13-14,21,23,25H2,1-2H3/b7-4+. The molecule has 1 atom stereocenters. The minimum atomic E-state index is 0.662. The lowest BCUT2D eigenvalue weighted by Crippen LogP contribution is -2.13. The first-order valence-corrected chi connectivity index (χ1v) is 14.7. The first kappa shape index (κ1) is 25.1. The average Bonchev–Trinajstić information content (AvgIpc) is 2.94. The quantitative estimate of drug-likeness (QED) is 0.224. The summed E-state index contributed by atoms with van der Waals surface area (Å²) in [6.45, 7) is 4.43. The average molecular weight is 477 g/mol. The smallest absolute Gasteiger partial charge is 0.0118 e. The molecule has 3 aromatic rings. The van der Waals surface area contributed by atoms with Crippen molar-refractivity contribution in [1.82, 2.24) is 0 Å². The summed E-state index contributed by atoms with van der Waals surface area (Å²) in [5.41, 5.74) is 10.4. The van der Waals surface area contributed by atoms with E-state index in [9.17, 15) is 0 Å². The zero-order valence-corrected chi connectivity index (χ0v) is 22.5. The van der Waals surface area contributed by atoms with Gasteiger partial charge in [-0.1, -0.05) is 98.6 Å². The maximum Gasteiger partial charge on any atom is -0.0118 e. The van der Waals surface area contributed by atoms with Crippen molar-refractivity contribution in [3.63, 3.8) is 0 Å². The van der Waals surface area contributed by atoms with Crippen molar-refractivity contribution in [3.8, 4) is 11.1 Å². The number of aryl methyl sites for hydroxylation is 2. The number of hydrogen-bond acceptors (Lipinski definition) is 0. The summed E-state index contributed by atoms with van der Waals surface area (Å²) in [5.74, 6) is 2.21. The Bertz CT molecular complexity index is 1120. The molecule has 5 rings (SSSR count). The molecule has 1 unspecified atom stereocenters. The fourth-order valence-electron chi connectivity index (χ4n) is 6.62. The molecule has 1 saturated carbocycles. The van der Waals surface area contributed by atoms with E-state index in [1.807, 2.05) is 0 Å². The molecular weight excluding hydrogens is 432 g/mol. The van der Waals surface area contributed by atoms with Crippen LogP contribution in [-0.2, 0) is 19.3 Å². The van der Waals surface area contributed by atoms with E-state index in [0.29, 0.717) is 5.92 Å². The maximum atomic E-state index is 2.47. The largest absolute Gasteiger partial charge is 0.0914 e. The summed E-state index contributed by atoms with van der Waals surface area (Å²) in [6.07, 6.45) is 18.8. The normalized spacial score (nSPS) is 22.0. The molecule has 0 aromatic heterocycles. The summed E-state index contributed by atoms with van der Waals surface area (Å²) < 4.78 is 0. The van der Waals surface area contributed by atoms with Gasteiger partial charge in [-0.2, -0.15) is 0 Å². The summed E-state index contributed by atoms with van der Waals surface area (Å²) in [5, 5.41) is 0. The third kappa shape index (κ3) is 6.03. The van der Waals surface area contributed by atoms with Crippen LogP contribution in [0.3, 0.4) is 0 Å². The third-order valence-electron chi connectivity index (χ3n) is 8.91. The summed E-state index contributed by atoms with van der Waals surface area (Å²) in [7, 11) is 0. The molecule has 0 heteroatoms. The van der Waals surface area contributed by atoms with Gasteiger partial charge in [0.05, 0.1) is 0 Å². The Morgan fingerprint density at radius 1 is 0.694 bits per heavy atom. The molecule has 0 nitrogen and oxygen atoms in total. The van der Waals surface area contributed by atoms with Crippen LogP contribution >= 0.6 is 0 Å². The van der Waals surface area contributed by atoms with Gasteiger partial charge < -0.3 is 0 Å². The highest BCUT2D eigenvalue weighted by molar-refractivity contribution is 5.65. The van der Waals surface area contributed by atoms with Gasteiger partial charge in [0.2, 0.25) is 0 Å². The minimum Gasteiger partial charge on any atom is -0.0914 e. The first-order valence-electron chi connectivity index (χ1n) is 14.7. The van der Waals surface area contributed by atoms with Crippen LogP contribution in [0, 0.1) is 5.92 Å². The van der Waals surface area contributed by atoms with Crippen LogP contribution in [0.4, 0.5) is 0 Å². The first-order chi connectivity index (χ1) is 17.7. The highest BCUT2D eigenvalue weighted by atomic mass is 14.3. The number of unbranched alkanes of at least 4 members (excludes halogenated alkanes) is 2. The monoisotopic (exact) mass is 476 g/mol. The Balaban J connectivity index is 1.21. The van der Waals surface area contributed by atoms with Crippen LogP contribution < -0.4 is 0 Å². The molecule has 36 heavy (non-hydrogen) atoms. The lowest BCUT2D eigenvalue weighted by molar-refractivity contribution is 0.376. The van der Waals surface area contributed by atoms with Crippen molar-refractivity contribution in [2.75, 3.05) is 0 Å². The number of hydrogen-bond donors (Lipinski definition) is 0. The molecule has 0 heterocycles. The fourth-order valence-corrected chi connectivity index (χ4v) is 6.62. The second-order valence-corrected chi connectivity index (χ2v) is 11.4. The van der Waals surface area contributed by atoms with Crippen molar-refractivity contribution < 1.29 is 0 Å². The van der Waals surface area contributed by atoms with E-state index in [2.05, 4.69) is 92.7 Å². The Morgan fingerprint density at radius 3 is 2.11 bits per heavy atom. The van der Waals surface area contributed by atoms with Crippen molar-refractivity contribution in [1.29, 1.82) is 0 Å². The lowest BCUT2D eigenvalue weighted by Gasteiger charge is -2.27. The summed E-state index contributed by atoms with van der Waals surface area (Å²) >= 11 is 0. The van der Waals surface area contributed by atoms with Crippen molar-refractivity contribution in [2.24, 2.45) is 5.92 Å². The van der Waals surface area contributed by atoms with E-state index in [-0.39, 0.29) is 0 Å². The minimum absolute atomic E-state index is 0.662. The molecule has 2 aliphatic carbocycles. The summed E-state index contributed by atoms with van der Waals surface area (Å²) in [6, 6.07) is 26.3. The SMILES string of the molecule is C/C=C/C1CCC(c2ccc(-c3ccc4c(c3)CCC(c3ccc(CCCCC)cc3)C4)cc2)CC1. The van der Waals surface area contributed by atoms with Crippen LogP contribution in [0.2, 0.25) is 0 Å². The van der Waals surface area contributed by atoms with Gasteiger partial charge in [-0.3, -0.25) is 0 Å². The van der Waals surface area contributed by atoms with Gasteiger partial charge >= 0.3 is 0 Å². The van der Waals surface area contributed by atoms with Crippen LogP contribution in [0.1, 0.15) is 105 Å². The molecular formula is C36H44. The molecule has 2 aliphatic rings. The Kier molecular flexibility index (Phi) is 8.42. The van der Waals surface area contributed by atoms with Crippen molar-refractivity contribution in [3.05, 3.63) is 107 Å². The molecule has 0 amide bonds. The van der Waals surface area contributed by atoms with E-state index in [4.69, 9.17) is 0 Å².